The lowest BCUT2D eigenvalue weighted by Crippen LogP contribution is -2.21. The van der Waals surface area contributed by atoms with Gasteiger partial charge in [0.1, 0.15) is 5.75 Å². The summed E-state index contributed by atoms with van der Waals surface area (Å²) in [6, 6.07) is 13.0. The van der Waals surface area contributed by atoms with Crippen LogP contribution >= 0.6 is 43.5 Å². The number of nitrogens with one attached hydrogen (secondary N) is 2. The number of nitro benzene ring substituents is 1. The van der Waals surface area contributed by atoms with Crippen LogP contribution < -0.4 is 15.4 Å². The topological polar surface area (TPSA) is 137 Å². The smallest absolute Gasteiger partial charge is 0.338 e. The minimum atomic E-state index is -0.830. The lowest BCUT2D eigenvalue weighted by Gasteiger charge is -2.11. The quantitative estimate of drug-likeness (QED) is 0.179. The Bertz CT molecular complexity index is 1330. The summed E-state index contributed by atoms with van der Waals surface area (Å²) < 4.78 is 10.6. The van der Waals surface area contributed by atoms with E-state index in [1.54, 1.807) is 24.3 Å². The van der Waals surface area contributed by atoms with E-state index in [-0.39, 0.29) is 36.6 Å². The number of hydrogen-bond acceptors (Lipinski definition) is 7. The van der Waals surface area contributed by atoms with Crippen molar-refractivity contribution in [3.63, 3.8) is 0 Å². The number of non-ortho nitro benzene ring substituents is 1. The molecule has 3 aromatic carbocycles. The third kappa shape index (κ3) is 6.80. The maximum atomic E-state index is 12.5. The molecule has 0 spiro atoms. The van der Waals surface area contributed by atoms with Crippen LogP contribution in [0.3, 0.4) is 0 Å². The molecule has 186 valence electrons. The van der Waals surface area contributed by atoms with Crippen molar-refractivity contribution in [1.29, 1.82) is 0 Å². The molecule has 0 bridgehead atoms. The van der Waals surface area contributed by atoms with Crippen LogP contribution in [0.25, 0.3) is 0 Å². The SMILES string of the molecule is COc1ccc(C(=O)Nc2cc(C(=O)OCC(=O)Nc3c(Br)cc([N+](=O)[O-])cc3Br)ccc2Cl)cc1. The molecule has 13 heteroatoms. The first kappa shape index (κ1) is 27.1. The number of esters is 1. The molecular formula is C23H16Br2ClN3O7. The molecule has 0 saturated heterocycles. The molecule has 0 fully saturated rings. The fraction of sp³-hybridized carbons (Fsp3) is 0.0870. The largest absolute Gasteiger partial charge is 0.497 e. The predicted octanol–water partition coefficient (Wildman–Crippen LogP) is 5.83. The van der Waals surface area contributed by atoms with E-state index < -0.39 is 29.3 Å². The lowest BCUT2D eigenvalue weighted by atomic mass is 10.1. The number of rotatable bonds is 8. The summed E-state index contributed by atoms with van der Waals surface area (Å²) in [5.41, 5.74) is 0.623. The Kier molecular flexibility index (Phi) is 9.02. The monoisotopic (exact) mass is 639 g/mol. The highest BCUT2D eigenvalue weighted by Crippen LogP contribution is 2.35. The van der Waals surface area contributed by atoms with Crippen molar-refractivity contribution in [2.24, 2.45) is 0 Å². The van der Waals surface area contributed by atoms with Crippen LogP contribution in [0.15, 0.2) is 63.5 Å². The van der Waals surface area contributed by atoms with Gasteiger partial charge in [0.2, 0.25) is 0 Å². The molecule has 0 aliphatic carbocycles. The number of anilines is 2. The summed E-state index contributed by atoms with van der Waals surface area (Å²) in [5.74, 6) is -1.38. The van der Waals surface area contributed by atoms with Gasteiger partial charge in [-0.25, -0.2) is 4.79 Å². The number of ether oxygens (including phenoxy) is 2. The first-order chi connectivity index (χ1) is 17.1. The van der Waals surface area contributed by atoms with E-state index in [4.69, 9.17) is 21.1 Å². The van der Waals surface area contributed by atoms with Crippen LogP contribution in [0.4, 0.5) is 17.1 Å². The molecule has 2 N–H and O–H groups in total. The second-order valence-electron chi connectivity index (χ2n) is 7.04. The highest BCUT2D eigenvalue weighted by Gasteiger charge is 2.18. The fourth-order valence-corrected chi connectivity index (χ4v) is 4.38. The maximum absolute atomic E-state index is 12.5. The third-order valence-electron chi connectivity index (χ3n) is 4.64. The third-order valence-corrected chi connectivity index (χ3v) is 6.22. The summed E-state index contributed by atoms with van der Waals surface area (Å²) >= 11 is 12.5. The van der Waals surface area contributed by atoms with Gasteiger partial charge >= 0.3 is 5.97 Å². The first-order valence-electron chi connectivity index (χ1n) is 9.94. The van der Waals surface area contributed by atoms with Gasteiger partial charge in [0, 0.05) is 26.6 Å². The molecule has 10 nitrogen and oxygen atoms in total. The van der Waals surface area contributed by atoms with Crippen LogP contribution in [0.2, 0.25) is 5.02 Å². The Balaban J connectivity index is 1.64. The number of hydrogen-bond donors (Lipinski definition) is 2. The summed E-state index contributed by atoms with van der Waals surface area (Å²) in [7, 11) is 1.51. The van der Waals surface area contributed by atoms with Gasteiger partial charge in [-0.1, -0.05) is 11.6 Å². The molecule has 2 amide bonds. The summed E-state index contributed by atoms with van der Waals surface area (Å²) in [4.78, 5) is 47.6. The second kappa shape index (κ2) is 12.0. The Morgan fingerprint density at radius 2 is 1.58 bits per heavy atom. The Hall–Kier alpha value is -3.48. The van der Waals surface area contributed by atoms with E-state index in [2.05, 4.69) is 42.5 Å². The van der Waals surface area contributed by atoms with Crippen molar-refractivity contribution in [3.05, 3.63) is 89.8 Å². The van der Waals surface area contributed by atoms with E-state index >= 15 is 0 Å². The fourth-order valence-electron chi connectivity index (χ4n) is 2.86. The minimum absolute atomic E-state index is 0.0509. The molecule has 0 aliphatic heterocycles. The zero-order valence-corrected chi connectivity index (χ0v) is 22.3. The van der Waals surface area contributed by atoms with E-state index in [0.29, 0.717) is 11.3 Å². The zero-order valence-electron chi connectivity index (χ0n) is 18.3. The van der Waals surface area contributed by atoms with Crippen molar-refractivity contribution in [2.45, 2.75) is 0 Å². The minimum Gasteiger partial charge on any atom is -0.497 e. The van der Waals surface area contributed by atoms with E-state index in [1.165, 1.54) is 37.4 Å². The first-order valence-corrected chi connectivity index (χ1v) is 11.9. The maximum Gasteiger partial charge on any atom is 0.338 e. The lowest BCUT2D eigenvalue weighted by molar-refractivity contribution is -0.385. The molecular weight excluding hydrogens is 626 g/mol. The van der Waals surface area contributed by atoms with Gasteiger partial charge in [-0.05, 0) is 74.3 Å². The number of nitrogens with zero attached hydrogens (tertiary/aromatic N) is 1. The van der Waals surface area contributed by atoms with Gasteiger partial charge in [0.05, 0.1) is 34.0 Å². The molecule has 0 unspecified atom stereocenters. The van der Waals surface area contributed by atoms with E-state index in [0.717, 1.165) is 0 Å². The molecule has 0 saturated carbocycles. The van der Waals surface area contributed by atoms with Crippen LogP contribution in [-0.4, -0.2) is 36.4 Å². The van der Waals surface area contributed by atoms with Gasteiger partial charge < -0.3 is 20.1 Å². The van der Waals surface area contributed by atoms with Gasteiger partial charge in [0.25, 0.3) is 17.5 Å². The number of halogens is 3. The molecule has 0 aliphatic rings. The van der Waals surface area contributed by atoms with Gasteiger partial charge in [-0.15, -0.1) is 0 Å². The molecule has 0 heterocycles. The van der Waals surface area contributed by atoms with Crippen molar-refractivity contribution >= 4 is 78.3 Å². The molecule has 36 heavy (non-hydrogen) atoms. The molecule has 0 aromatic heterocycles. The summed E-state index contributed by atoms with van der Waals surface area (Å²) in [6.45, 7) is -0.634. The number of amides is 2. The van der Waals surface area contributed by atoms with Crippen LogP contribution in [0.1, 0.15) is 20.7 Å². The molecule has 0 atom stereocenters. The van der Waals surface area contributed by atoms with E-state index in [9.17, 15) is 24.5 Å². The van der Waals surface area contributed by atoms with Crippen molar-refractivity contribution in [1.82, 2.24) is 0 Å². The van der Waals surface area contributed by atoms with Crippen LogP contribution in [0.5, 0.6) is 5.75 Å². The zero-order chi connectivity index (χ0) is 26.4. The molecule has 3 rings (SSSR count). The Labute approximate surface area is 226 Å². The van der Waals surface area contributed by atoms with Gasteiger partial charge in [0.15, 0.2) is 6.61 Å². The van der Waals surface area contributed by atoms with Crippen LogP contribution in [0, 0.1) is 10.1 Å². The number of methoxy groups -OCH3 is 1. The van der Waals surface area contributed by atoms with Gasteiger partial charge in [-0.2, -0.15) is 0 Å². The van der Waals surface area contributed by atoms with E-state index in [1.807, 2.05) is 0 Å². The van der Waals surface area contributed by atoms with Crippen molar-refractivity contribution < 1.29 is 28.8 Å². The Morgan fingerprint density at radius 1 is 0.972 bits per heavy atom. The average molecular weight is 642 g/mol. The Morgan fingerprint density at radius 3 is 2.17 bits per heavy atom. The molecule has 3 aromatic rings. The van der Waals surface area contributed by atoms with Crippen molar-refractivity contribution in [3.8, 4) is 5.75 Å². The highest BCUT2D eigenvalue weighted by atomic mass is 79.9. The predicted molar refractivity (Wildman–Crippen MR) is 140 cm³/mol. The van der Waals surface area contributed by atoms with Crippen molar-refractivity contribution in [2.75, 3.05) is 24.4 Å². The summed E-state index contributed by atoms with van der Waals surface area (Å²) in [6.07, 6.45) is 0. The highest BCUT2D eigenvalue weighted by molar-refractivity contribution is 9.11. The summed E-state index contributed by atoms with van der Waals surface area (Å²) in [5, 5.41) is 16.3. The normalized spacial score (nSPS) is 10.3. The standard InChI is InChI=1S/C23H16Br2ClN3O7/c1-35-15-5-2-12(3-6-15)22(31)27-19-8-13(4-7-18(19)26)23(32)36-11-20(30)28-21-16(24)9-14(29(33)34)10-17(21)25/h2-10H,11H2,1H3,(H,27,31)(H,28,30). The average Bonchev–Trinajstić information content (AvgIpc) is 2.85. The molecule has 0 radical (unpaired) electrons. The number of nitro groups is 1. The number of carbonyl (C=O) groups excluding carboxylic acids is 3. The van der Waals surface area contributed by atoms with Gasteiger partial charge in [-0.3, -0.25) is 19.7 Å². The number of carbonyl (C=O) groups is 3. The van der Waals surface area contributed by atoms with Crippen LogP contribution in [-0.2, 0) is 9.53 Å². The second-order valence-corrected chi connectivity index (χ2v) is 9.16. The number of benzene rings is 3.